The zero-order chi connectivity index (χ0) is 15.3. The van der Waals surface area contributed by atoms with E-state index in [2.05, 4.69) is 5.32 Å². The molecule has 6 heteroatoms. The Bertz CT molecular complexity index is 500. The van der Waals surface area contributed by atoms with Crippen LogP contribution < -0.4 is 5.32 Å². The van der Waals surface area contributed by atoms with Crippen LogP contribution in [-0.2, 0) is 11.3 Å². The number of carboxylic acid groups (broad SMARTS) is 1. The molecule has 3 N–H and O–H groups in total. The molecule has 1 fully saturated rings. The fourth-order valence-corrected chi connectivity index (χ4v) is 2.15. The second-order valence-electron chi connectivity index (χ2n) is 5.37. The van der Waals surface area contributed by atoms with Gasteiger partial charge in [0, 0.05) is 19.6 Å². The molecule has 1 aromatic rings. The van der Waals surface area contributed by atoms with Gasteiger partial charge in [-0.15, -0.1) is 0 Å². The Morgan fingerprint density at radius 1 is 1.24 bits per heavy atom. The number of carbonyl (C=O) groups is 2. The van der Waals surface area contributed by atoms with Crippen LogP contribution in [0.5, 0.6) is 0 Å². The number of carbonyl (C=O) groups excluding carboxylic acids is 1. The summed E-state index contributed by atoms with van der Waals surface area (Å²) < 4.78 is 0. The van der Waals surface area contributed by atoms with Gasteiger partial charge in [-0.1, -0.05) is 30.3 Å². The molecular formula is C15H20N2O4. The maximum Gasteiger partial charge on any atom is 0.317 e. The second kappa shape index (κ2) is 6.58. The van der Waals surface area contributed by atoms with Gasteiger partial charge in [-0.3, -0.25) is 4.79 Å². The van der Waals surface area contributed by atoms with Gasteiger partial charge in [-0.25, -0.2) is 4.79 Å². The van der Waals surface area contributed by atoms with Crippen molar-refractivity contribution in [2.24, 2.45) is 5.41 Å². The van der Waals surface area contributed by atoms with Crippen molar-refractivity contribution in [1.29, 1.82) is 0 Å². The molecule has 2 amide bonds. The molecule has 114 valence electrons. The highest BCUT2D eigenvalue weighted by molar-refractivity contribution is 5.80. The van der Waals surface area contributed by atoms with Crippen molar-refractivity contribution in [2.75, 3.05) is 19.7 Å². The summed E-state index contributed by atoms with van der Waals surface area (Å²) in [6, 6.07) is 9.11. The lowest BCUT2D eigenvalue weighted by Gasteiger charge is -2.23. The molecule has 0 heterocycles. The third-order valence-electron chi connectivity index (χ3n) is 3.76. The molecule has 0 atom stereocenters. The van der Waals surface area contributed by atoms with Crippen molar-refractivity contribution >= 4 is 12.0 Å². The Balaban J connectivity index is 1.91. The molecule has 0 saturated heterocycles. The number of carboxylic acids is 1. The Morgan fingerprint density at radius 2 is 1.90 bits per heavy atom. The van der Waals surface area contributed by atoms with E-state index in [1.807, 2.05) is 30.3 Å². The number of aliphatic carboxylic acids is 1. The SMILES string of the molecule is O=C(NCC1(C(=O)O)CC1)N(CCO)Cc1ccccc1. The summed E-state index contributed by atoms with van der Waals surface area (Å²) in [6.45, 7) is 0.594. The van der Waals surface area contributed by atoms with E-state index in [1.54, 1.807) is 0 Å². The largest absolute Gasteiger partial charge is 0.481 e. The number of nitrogens with zero attached hydrogens (tertiary/aromatic N) is 1. The maximum atomic E-state index is 12.1. The van der Waals surface area contributed by atoms with Crippen LogP contribution in [0.4, 0.5) is 4.79 Å². The molecule has 0 unspecified atom stereocenters. The zero-order valence-corrected chi connectivity index (χ0v) is 11.8. The van der Waals surface area contributed by atoms with Crippen LogP contribution in [0.15, 0.2) is 30.3 Å². The Kier molecular flexibility index (Phi) is 4.80. The summed E-state index contributed by atoms with van der Waals surface area (Å²) in [6.07, 6.45) is 1.20. The number of hydrogen-bond acceptors (Lipinski definition) is 3. The summed E-state index contributed by atoms with van der Waals surface area (Å²) in [7, 11) is 0. The van der Waals surface area contributed by atoms with Crippen molar-refractivity contribution in [2.45, 2.75) is 19.4 Å². The first-order chi connectivity index (χ1) is 10.1. The highest BCUT2D eigenvalue weighted by Gasteiger charge is 2.50. The van der Waals surface area contributed by atoms with E-state index in [4.69, 9.17) is 10.2 Å². The average Bonchev–Trinajstić information content (AvgIpc) is 3.27. The summed E-state index contributed by atoms with van der Waals surface area (Å²) in [5.74, 6) is -0.862. The third kappa shape index (κ3) is 3.95. The summed E-state index contributed by atoms with van der Waals surface area (Å²) in [5.41, 5.74) is 0.174. The number of benzene rings is 1. The van der Waals surface area contributed by atoms with Gasteiger partial charge in [-0.05, 0) is 18.4 Å². The van der Waals surface area contributed by atoms with Crippen LogP contribution in [0.2, 0.25) is 0 Å². The normalized spacial score (nSPS) is 15.3. The lowest BCUT2D eigenvalue weighted by Crippen LogP contribution is -2.44. The van der Waals surface area contributed by atoms with Gasteiger partial charge in [0.1, 0.15) is 0 Å². The number of urea groups is 1. The number of aliphatic hydroxyl groups excluding tert-OH is 1. The monoisotopic (exact) mass is 292 g/mol. The number of hydrogen-bond donors (Lipinski definition) is 3. The van der Waals surface area contributed by atoms with Crippen molar-refractivity contribution in [3.63, 3.8) is 0 Å². The molecule has 21 heavy (non-hydrogen) atoms. The van der Waals surface area contributed by atoms with E-state index in [-0.39, 0.29) is 25.7 Å². The van der Waals surface area contributed by atoms with Crippen molar-refractivity contribution in [1.82, 2.24) is 10.2 Å². The average molecular weight is 292 g/mol. The van der Waals surface area contributed by atoms with E-state index in [9.17, 15) is 9.59 Å². The first kappa shape index (κ1) is 15.3. The molecule has 1 aliphatic carbocycles. The summed E-state index contributed by atoms with van der Waals surface area (Å²) in [5, 5.41) is 20.8. The first-order valence-corrected chi connectivity index (χ1v) is 6.98. The molecule has 2 rings (SSSR count). The topological polar surface area (TPSA) is 89.9 Å². The smallest absolute Gasteiger partial charge is 0.317 e. The van der Waals surface area contributed by atoms with Crippen molar-refractivity contribution < 1.29 is 19.8 Å². The minimum atomic E-state index is -0.862. The Hall–Kier alpha value is -2.08. The van der Waals surface area contributed by atoms with Crippen LogP contribution in [0, 0.1) is 5.41 Å². The standard InChI is InChI=1S/C15H20N2O4/c18-9-8-17(10-12-4-2-1-3-5-12)14(21)16-11-15(6-7-15)13(19)20/h1-5,18H,6-11H2,(H,16,21)(H,19,20). The number of aliphatic hydroxyl groups is 1. The van der Waals surface area contributed by atoms with Gasteiger partial charge in [0.15, 0.2) is 0 Å². The Labute approximate surface area is 123 Å². The predicted octanol–water partition coefficient (Wildman–Crippen LogP) is 1.06. The van der Waals surface area contributed by atoms with E-state index in [0.29, 0.717) is 19.4 Å². The number of rotatable bonds is 7. The van der Waals surface area contributed by atoms with Gasteiger partial charge < -0.3 is 20.4 Å². The minimum absolute atomic E-state index is 0.135. The first-order valence-electron chi connectivity index (χ1n) is 6.98. The van der Waals surface area contributed by atoms with Crippen molar-refractivity contribution in [3.05, 3.63) is 35.9 Å². The van der Waals surface area contributed by atoms with Crippen molar-refractivity contribution in [3.8, 4) is 0 Å². The molecule has 0 spiro atoms. The fraction of sp³-hybridized carbons (Fsp3) is 0.467. The van der Waals surface area contributed by atoms with Crippen LogP contribution in [0.1, 0.15) is 18.4 Å². The van der Waals surface area contributed by atoms with E-state index in [0.717, 1.165) is 5.56 Å². The molecule has 0 bridgehead atoms. The van der Waals surface area contributed by atoms with E-state index < -0.39 is 11.4 Å². The van der Waals surface area contributed by atoms with E-state index >= 15 is 0 Å². The summed E-state index contributed by atoms with van der Waals surface area (Å²) >= 11 is 0. The lowest BCUT2D eigenvalue weighted by molar-refractivity contribution is -0.143. The van der Waals surface area contributed by atoms with Gasteiger partial charge in [0.25, 0.3) is 0 Å². The number of amides is 2. The van der Waals surface area contributed by atoms with Crippen LogP contribution >= 0.6 is 0 Å². The summed E-state index contributed by atoms with van der Waals surface area (Å²) in [4.78, 5) is 24.7. The fourth-order valence-electron chi connectivity index (χ4n) is 2.15. The molecule has 1 saturated carbocycles. The molecular weight excluding hydrogens is 272 g/mol. The molecule has 0 aromatic heterocycles. The molecule has 6 nitrogen and oxygen atoms in total. The Morgan fingerprint density at radius 3 is 2.43 bits per heavy atom. The van der Waals surface area contributed by atoms with Gasteiger partial charge in [0.2, 0.25) is 0 Å². The highest BCUT2D eigenvalue weighted by Crippen LogP contribution is 2.45. The van der Waals surface area contributed by atoms with Crippen LogP contribution in [0.3, 0.4) is 0 Å². The highest BCUT2D eigenvalue weighted by atomic mass is 16.4. The quantitative estimate of drug-likeness (QED) is 0.701. The number of nitrogens with one attached hydrogen (secondary N) is 1. The lowest BCUT2D eigenvalue weighted by atomic mass is 10.1. The third-order valence-corrected chi connectivity index (χ3v) is 3.76. The molecule has 1 aromatic carbocycles. The molecule has 1 aliphatic rings. The van der Waals surface area contributed by atoms with E-state index in [1.165, 1.54) is 4.90 Å². The minimum Gasteiger partial charge on any atom is -0.481 e. The molecule has 0 radical (unpaired) electrons. The zero-order valence-electron chi connectivity index (χ0n) is 11.8. The second-order valence-corrected chi connectivity index (χ2v) is 5.37. The van der Waals surface area contributed by atoms with Gasteiger partial charge >= 0.3 is 12.0 Å². The van der Waals surface area contributed by atoms with Crippen LogP contribution in [0.25, 0.3) is 0 Å². The van der Waals surface area contributed by atoms with Gasteiger partial charge in [0.05, 0.1) is 12.0 Å². The molecule has 0 aliphatic heterocycles. The maximum absolute atomic E-state index is 12.1. The van der Waals surface area contributed by atoms with Gasteiger partial charge in [-0.2, -0.15) is 0 Å². The predicted molar refractivity (Wildman–Crippen MR) is 76.6 cm³/mol. The van der Waals surface area contributed by atoms with Crippen LogP contribution in [-0.4, -0.2) is 46.8 Å².